The first-order valence-electron chi connectivity index (χ1n) is 3.43. The summed E-state index contributed by atoms with van der Waals surface area (Å²) >= 11 is 0. The van der Waals surface area contributed by atoms with Crippen molar-refractivity contribution in [3.8, 4) is 0 Å². The summed E-state index contributed by atoms with van der Waals surface area (Å²) < 4.78 is 0. The molecule has 0 saturated carbocycles. The summed E-state index contributed by atoms with van der Waals surface area (Å²) in [6, 6.07) is 0. The van der Waals surface area contributed by atoms with Crippen molar-refractivity contribution in [2.45, 2.75) is 24.4 Å². The second-order valence-corrected chi connectivity index (χ2v) is 2.51. The fraction of sp³-hybridized carbons (Fsp3) is 0.667. The molecule has 0 saturated heterocycles. The first-order valence-corrected chi connectivity index (χ1v) is 3.43. The summed E-state index contributed by atoms with van der Waals surface area (Å²) in [6.45, 7) is 0. The van der Waals surface area contributed by atoms with Gasteiger partial charge in [-0.2, -0.15) is 0 Å². The third-order valence-corrected chi connectivity index (χ3v) is 1.48. The van der Waals surface area contributed by atoms with E-state index in [1.165, 1.54) is 0 Å². The molecular formula is C6H16CaO12. The van der Waals surface area contributed by atoms with Crippen molar-refractivity contribution in [2.75, 3.05) is 0 Å². The molecule has 114 valence electrons. The van der Waals surface area contributed by atoms with Gasteiger partial charge in [0.25, 0.3) is 0 Å². The van der Waals surface area contributed by atoms with Crippen molar-refractivity contribution in [2.24, 2.45) is 0 Å². The SMILES string of the molecule is O.O.O.O.O=C([O-])C(O)C(O)[C@H](O)[C@H](O)C(=O)[O-].[Ca+2]. The summed E-state index contributed by atoms with van der Waals surface area (Å²) in [5.41, 5.74) is 0. The molecule has 12 N–H and O–H groups in total. The normalized spacial score (nSPS) is 14.3. The second-order valence-electron chi connectivity index (χ2n) is 2.51. The van der Waals surface area contributed by atoms with Gasteiger partial charge in [-0.05, 0) is 0 Å². The predicted octanol–water partition coefficient (Wildman–Crippen LogP) is -9.75. The molecule has 4 atom stereocenters. The van der Waals surface area contributed by atoms with Crippen molar-refractivity contribution in [1.29, 1.82) is 0 Å². The van der Waals surface area contributed by atoms with Crippen LogP contribution < -0.4 is 10.2 Å². The van der Waals surface area contributed by atoms with Gasteiger partial charge >= 0.3 is 37.7 Å². The molecule has 0 aromatic rings. The van der Waals surface area contributed by atoms with Gasteiger partial charge in [-0.25, -0.2) is 0 Å². The molecule has 0 heterocycles. The molecule has 0 fully saturated rings. The van der Waals surface area contributed by atoms with Crippen LogP contribution in [0, 0.1) is 0 Å². The van der Waals surface area contributed by atoms with E-state index in [4.69, 9.17) is 20.4 Å². The van der Waals surface area contributed by atoms with Crippen LogP contribution >= 0.6 is 0 Å². The van der Waals surface area contributed by atoms with Crippen LogP contribution in [0.5, 0.6) is 0 Å². The van der Waals surface area contributed by atoms with Crippen LogP contribution in [0.15, 0.2) is 0 Å². The number of aliphatic hydroxyl groups excluding tert-OH is 4. The maximum absolute atomic E-state index is 9.96. The third-order valence-electron chi connectivity index (χ3n) is 1.48. The number of carboxylic acids is 2. The number of hydrogen-bond acceptors (Lipinski definition) is 8. The Kier molecular flexibility index (Phi) is 30.5. The number of hydrogen-bond donors (Lipinski definition) is 4. The molecule has 0 aliphatic heterocycles. The van der Waals surface area contributed by atoms with Crippen LogP contribution in [0.3, 0.4) is 0 Å². The van der Waals surface area contributed by atoms with Gasteiger partial charge in [-0.15, -0.1) is 0 Å². The Labute approximate surface area is 136 Å². The Morgan fingerprint density at radius 3 is 0.947 bits per heavy atom. The van der Waals surface area contributed by atoms with Crippen molar-refractivity contribution >= 4 is 49.7 Å². The maximum Gasteiger partial charge on any atom is 2.00 e. The molecule has 12 nitrogen and oxygen atoms in total. The van der Waals surface area contributed by atoms with Crippen LogP contribution in [0.25, 0.3) is 0 Å². The zero-order chi connectivity index (χ0) is 11.5. The molecule has 0 aliphatic carbocycles. The summed E-state index contributed by atoms with van der Waals surface area (Å²) in [5.74, 6) is -4.22. The van der Waals surface area contributed by atoms with Gasteiger partial charge < -0.3 is 62.1 Å². The number of carboxylic acid groups (broad SMARTS) is 2. The Hall–Kier alpha value is -0.120. The topological polar surface area (TPSA) is 287 Å². The van der Waals surface area contributed by atoms with E-state index >= 15 is 0 Å². The van der Waals surface area contributed by atoms with Gasteiger partial charge in [-0.3, -0.25) is 0 Å². The largest absolute Gasteiger partial charge is 2.00 e. The molecule has 0 bridgehead atoms. The van der Waals surface area contributed by atoms with Crippen molar-refractivity contribution < 1.29 is 62.1 Å². The van der Waals surface area contributed by atoms with Gasteiger partial charge in [-0.1, -0.05) is 0 Å². The molecule has 0 radical (unpaired) electrons. The zero-order valence-corrected chi connectivity index (χ0v) is 11.6. The molecular weight excluding hydrogens is 304 g/mol. The number of aliphatic carboxylic acids is 2. The number of carbonyl (C=O) groups excluding carboxylic acids is 2. The van der Waals surface area contributed by atoms with E-state index in [0.717, 1.165) is 0 Å². The van der Waals surface area contributed by atoms with E-state index in [1.54, 1.807) is 0 Å². The van der Waals surface area contributed by atoms with Gasteiger partial charge in [0.05, 0.1) is 11.9 Å². The van der Waals surface area contributed by atoms with Gasteiger partial charge in [0.2, 0.25) is 0 Å². The van der Waals surface area contributed by atoms with Crippen molar-refractivity contribution in [1.82, 2.24) is 0 Å². The molecule has 2 unspecified atom stereocenters. The van der Waals surface area contributed by atoms with Crippen LogP contribution in [-0.2, 0) is 9.59 Å². The van der Waals surface area contributed by atoms with Crippen LogP contribution in [0.2, 0.25) is 0 Å². The van der Waals surface area contributed by atoms with Gasteiger partial charge in [0, 0.05) is 0 Å². The molecule has 19 heavy (non-hydrogen) atoms. The van der Waals surface area contributed by atoms with E-state index in [2.05, 4.69) is 0 Å². The third kappa shape index (κ3) is 11.4. The van der Waals surface area contributed by atoms with E-state index < -0.39 is 36.4 Å². The zero-order valence-electron chi connectivity index (χ0n) is 9.44. The predicted molar refractivity (Wildman–Crippen MR) is 54.3 cm³/mol. The fourth-order valence-corrected chi connectivity index (χ4v) is 0.652. The first kappa shape index (κ1) is 36.4. The van der Waals surface area contributed by atoms with Crippen molar-refractivity contribution in [3.05, 3.63) is 0 Å². The minimum Gasteiger partial charge on any atom is -0.547 e. The average Bonchev–Trinajstić information content (AvgIpc) is 2.12. The average molecular weight is 320 g/mol. The minimum atomic E-state index is -2.50. The Balaban J connectivity index is -0.0000000845. The van der Waals surface area contributed by atoms with E-state index in [0.29, 0.717) is 0 Å². The maximum atomic E-state index is 9.96. The quantitative estimate of drug-likeness (QED) is 0.351. The summed E-state index contributed by atoms with van der Waals surface area (Å²) in [5, 5.41) is 54.7. The fourth-order valence-electron chi connectivity index (χ4n) is 0.652. The number of carbonyl (C=O) groups is 2. The van der Waals surface area contributed by atoms with Crippen molar-refractivity contribution in [3.63, 3.8) is 0 Å². The minimum absolute atomic E-state index is 0. The number of aliphatic hydroxyl groups is 4. The molecule has 0 aliphatic rings. The first-order chi connectivity index (χ1) is 6.29. The van der Waals surface area contributed by atoms with Gasteiger partial charge in [0.1, 0.15) is 24.4 Å². The molecule has 0 aromatic carbocycles. The standard InChI is InChI=1S/C6H10O8.Ca.4H2O/c7-1(3(9)5(11)12)2(8)4(10)6(13)14;;;;;/h1-4,7-10H,(H,11,12)(H,13,14);;4*1H2/q;+2;;;;/p-2/t1-,2?,3-,4?;;;;;/m0...../s1. The monoisotopic (exact) mass is 320 g/mol. The Morgan fingerprint density at radius 2 is 0.842 bits per heavy atom. The molecule has 0 aromatic heterocycles. The molecule has 13 heteroatoms. The molecule has 0 spiro atoms. The van der Waals surface area contributed by atoms with Gasteiger partial charge in [0.15, 0.2) is 0 Å². The molecule has 0 amide bonds. The van der Waals surface area contributed by atoms with Crippen LogP contribution in [-0.4, -0.2) is 116 Å². The number of rotatable bonds is 5. The summed E-state index contributed by atoms with van der Waals surface area (Å²) in [4.78, 5) is 19.9. The van der Waals surface area contributed by atoms with Crippen LogP contribution in [0.1, 0.15) is 0 Å². The Bertz CT molecular complexity index is 210. The summed E-state index contributed by atoms with van der Waals surface area (Å²) in [7, 11) is 0. The summed E-state index contributed by atoms with van der Waals surface area (Å²) in [6.07, 6.45) is -9.76. The van der Waals surface area contributed by atoms with E-state index in [1.807, 2.05) is 0 Å². The Morgan fingerprint density at radius 1 is 0.684 bits per heavy atom. The smallest absolute Gasteiger partial charge is 0.547 e. The van der Waals surface area contributed by atoms with E-state index in [-0.39, 0.29) is 59.6 Å². The second kappa shape index (κ2) is 15.9. The van der Waals surface area contributed by atoms with E-state index in [9.17, 15) is 19.8 Å². The molecule has 0 rings (SSSR count). The van der Waals surface area contributed by atoms with Crippen LogP contribution in [0.4, 0.5) is 0 Å².